The van der Waals surface area contributed by atoms with E-state index in [4.69, 9.17) is 4.74 Å². The topological polar surface area (TPSA) is 9.23 Å². The maximum absolute atomic E-state index is 6.75. The first kappa shape index (κ1) is 17.4. The number of benzene rings is 3. The average molecular weight is 330 g/mol. The second-order valence-corrected chi connectivity index (χ2v) is 7.63. The first-order chi connectivity index (χ1) is 12.0. The molecule has 0 amide bonds. The highest BCUT2D eigenvalue weighted by Gasteiger charge is 2.38. The standard InChI is InChI=1S/C24H26O/c1-23(2,3)19-25-24(20-13-7-4-8-14-20,21-15-9-5-10-16-21)22-17-11-6-12-18-22/h4-18H,19H2,1-3H3. The summed E-state index contributed by atoms with van der Waals surface area (Å²) in [7, 11) is 0. The van der Waals surface area contributed by atoms with Crippen LogP contribution in [0.5, 0.6) is 0 Å². The van der Waals surface area contributed by atoms with Gasteiger partial charge in [-0.3, -0.25) is 0 Å². The Hall–Kier alpha value is -2.38. The summed E-state index contributed by atoms with van der Waals surface area (Å²) in [6.45, 7) is 7.28. The zero-order chi connectivity index (χ0) is 17.8. The largest absolute Gasteiger partial charge is 0.360 e. The molecule has 0 aliphatic heterocycles. The fraction of sp³-hybridized carbons (Fsp3) is 0.250. The molecule has 3 aromatic carbocycles. The van der Waals surface area contributed by atoms with Crippen molar-refractivity contribution in [3.63, 3.8) is 0 Å². The molecule has 0 radical (unpaired) electrons. The van der Waals surface area contributed by atoms with Gasteiger partial charge >= 0.3 is 0 Å². The Morgan fingerprint density at radius 3 is 1.16 bits per heavy atom. The van der Waals surface area contributed by atoms with Gasteiger partial charge in [-0.25, -0.2) is 0 Å². The molecule has 25 heavy (non-hydrogen) atoms. The van der Waals surface area contributed by atoms with E-state index in [2.05, 4.69) is 93.6 Å². The van der Waals surface area contributed by atoms with Gasteiger partial charge in [0.05, 0.1) is 6.61 Å². The quantitative estimate of drug-likeness (QED) is 0.518. The number of rotatable bonds is 5. The maximum Gasteiger partial charge on any atom is 0.143 e. The van der Waals surface area contributed by atoms with Crippen LogP contribution in [0.4, 0.5) is 0 Å². The van der Waals surface area contributed by atoms with Gasteiger partial charge in [-0.05, 0) is 22.1 Å². The molecule has 128 valence electrons. The highest BCUT2D eigenvalue weighted by Crippen LogP contribution is 2.41. The number of hydrogen-bond acceptors (Lipinski definition) is 1. The van der Waals surface area contributed by atoms with Crippen molar-refractivity contribution in [1.82, 2.24) is 0 Å². The van der Waals surface area contributed by atoms with Gasteiger partial charge in [0.2, 0.25) is 0 Å². The lowest BCUT2D eigenvalue weighted by atomic mass is 9.79. The minimum atomic E-state index is -0.614. The van der Waals surface area contributed by atoms with E-state index in [0.717, 1.165) is 16.7 Å². The summed E-state index contributed by atoms with van der Waals surface area (Å²) in [5.41, 5.74) is 2.91. The summed E-state index contributed by atoms with van der Waals surface area (Å²) in [4.78, 5) is 0. The lowest BCUT2D eigenvalue weighted by molar-refractivity contribution is -0.0256. The van der Waals surface area contributed by atoms with E-state index in [9.17, 15) is 0 Å². The van der Waals surface area contributed by atoms with Crippen molar-refractivity contribution in [3.05, 3.63) is 108 Å². The fourth-order valence-corrected chi connectivity index (χ4v) is 3.09. The van der Waals surface area contributed by atoms with Crippen molar-refractivity contribution >= 4 is 0 Å². The zero-order valence-corrected chi connectivity index (χ0v) is 15.3. The lowest BCUT2D eigenvalue weighted by Gasteiger charge is -2.38. The van der Waals surface area contributed by atoms with Crippen LogP contribution in [0.15, 0.2) is 91.0 Å². The van der Waals surface area contributed by atoms with E-state index in [1.54, 1.807) is 0 Å². The summed E-state index contributed by atoms with van der Waals surface area (Å²) in [6, 6.07) is 31.6. The van der Waals surface area contributed by atoms with Crippen molar-refractivity contribution in [2.45, 2.75) is 26.4 Å². The molecule has 3 aromatic rings. The van der Waals surface area contributed by atoms with Gasteiger partial charge in [-0.2, -0.15) is 0 Å². The summed E-state index contributed by atoms with van der Waals surface area (Å²) in [5, 5.41) is 0. The third kappa shape index (κ3) is 3.83. The Labute approximate surface area is 151 Å². The van der Waals surface area contributed by atoms with Crippen LogP contribution >= 0.6 is 0 Å². The van der Waals surface area contributed by atoms with Crippen LogP contribution in [0.1, 0.15) is 37.5 Å². The third-order valence-corrected chi connectivity index (χ3v) is 4.26. The van der Waals surface area contributed by atoms with Crippen LogP contribution in [-0.4, -0.2) is 6.61 Å². The van der Waals surface area contributed by atoms with E-state index in [0.29, 0.717) is 6.61 Å². The Kier molecular flexibility index (Phi) is 5.06. The van der Waals surface area contributed by atoms with Crippen molar-refractivity contribution in [2.75, 3.05) is 6.61 Å². The number of ether oxygens (including phenoxy) is 1. The van der Waals surface area contributed by atoms with Crippen LogP contribution in [0.25, 0.3) is 0 Å². The van der Waals surface area contributed by atoms with Gasteiger partial charge in [0.1, 0.15) is 5.60 Å². The molecule has 0 heterocycles. The van der Waals surface area contributed by atoms with Crippen LogP contribution in [0.2, 0.25) is 0 Å². The molecule has 1 nitrogen and oxygen atoms in total. The normalized spacial score (nSPS) is 12.1. The molecule has 0 unspecified atom stereocenters. The Bertz CT molecular complexity index is 674. The molecule has 1 heteroatoms. The highest BCUT2D eigenvalue weighted by molar-refractivity contribution is 5.47. The smallest absolute Gasteiger partial charge is 0.143 e. The molecule has 0 fully saturated rings. The summed E-state index contributed by atoms with van der Waals surface area (Å²) in [6.07, 6.45) is 0. The second-order valence-electron chi connectivity index (χ2n) is 7.63. The molecule has 3 rings (SSSR count). The van der Waals surface area contributed by atoms with E-state index in [-0.39, 0.29) is 5.41 Å². The first-order valence-corrected chi connectivity index (χ1v) is 8.83. The molecule has 0 atom stereocenters. The minimum Gasteiger partial charge on any atom is -0.360 e. The summed E-state index contributed by atoms with van der Waals surface area (Å²) < 4.78 is 6.75. The van der Waals surface area contributed by atoms with Crippen molar-refractivity contribution in [1.29, 1.82) is 0 Å². The monoisotopic (exact) mass is 330 g/mol. The Morgan fingerprint density at radius 1 is 0.560 bits per heavy atom. The van der Waals surface area contributed by atoms with Gasteiger partial charge in [0.15, 0.2) is 0 Å². The first-order valence-electron chi connectivity index (χ1n) is 8.83. The molecular formula is C24H26O. The van der Waals surface area contributed by atoms with Crippen LogP contribution in [0.3, 0.4) is 0 Å². The van der Waals surface area contributed by atoms with Crippen LogP contribution in [0, 0.1) is 5.41 Å². The van der Waals surface area contributed by atoms with E-state index in [1.165, 1.54) is 0 Å². The average Bonchev–Trinajstić information content (AvgIpc) is 2.64. The molecule has 0 aliphatic rings. The van der Waals surface area contributed by atoms with Gasteiger partial charge in [-0.1, -0.05) is 112 Å². The van der Waals surface area contributed by atoms with Gasteiger partial charge in [-0.15, -0.1) is 0 Å². The molecular weight excluding hydrogens is 304 g/mol. The maximum atomic E-state index is 6.75. The molecule has 0 N–H and O–H groups in total. The van der Waals surface area contributed by atoms with Crippen molar-refractivity contribution < 1.29 is 4.74 Å². The second kappa shape index (κ2) is 7.25. The van der Waals surface area contributed by atoms with E-state index < -0.39 is 5.60 Å². The van der Waals surface area contributed by atoms with Gasteiger partial charge in [0, 0.05) is 0 Å². The summed E-state index contributed by atoms with van der Waals surface area (Å²) in [5.74, 6) is 0. The Balaban J connectivity index is 2.24. The summed E-state index contributed by atoms with van der Waals surface area (Å²) >= 11 is 0. The van der Waals surface area contributed by atoms with Crippen molar-refractivity contribution in [3.8, 4) is 0 Å². The fourth-order valence-electron chi connectivity index (χ4n) is 3.09. The molecule has 0 saturated heterocycles. The van der Waals surface area contributed by atoms with E-state index in [1.807, 2.05) is 18.2 Å². The molecule has 0 spiro atoms. The molecule has 0 aromatic heterocycles. The molecule has 0 saturated carbocycles. The molecule has 0 bridgehead atoms. The lowest BCUT2D eigenvalue weighted by Crippen LogP contribution is -2.35. The van der Waals surface area contributed by atoms with Gasteiger partial charge < -0.3 is 4.74 Å². The van der Waals surface area contributed by atoms with Crippen molar-refractivity contribution in [2.24, 2.45) is 5.41 Å². The van der Waals surface area contributed by atoms with E-state index >= 15 is 0 Å². The number of hydrogen-bond donors (Lipinski definition) is 0. The SMILES string of the molecule is CC(C)(C)COC(c1ccccc1)(c1ccccc1)c1ccccc1. The molecule has 0 aliphatic carbocycles. The van der Waals surface area contributed by atoms with Crippen LogP contribution < -0.4 is 0 Å². The predicted molar refractivity (Wildman–Crippen MR) is 105 cm³/mol. The highest BCUT2D eigenvalue weighted by atomic mass is 16.5. The Morgan fingerprint density at radius 2 is 0.880 bits per heavy atom. The van der Waals surface area contributed by atoms with Gasteiger partial charge in [0.25, 0.3) is 0 Å². The van der Waals surface area contributed by atoms with Crippen LogP contribution in [-0.2, 0) is 10.3 Å². The predicted octanol–water partition coefficient (Wildman–Crippen LogP) is 6.04. The minimum absolute atomic E-state index is 0.0730. The third-order valence-electron chi connectivity index (χ3n) is 4.26. The zero-order valence-electron chi connectivity index (χ0n) is 15.3.